The highest BCUT2D eigenvalue weighted by Gasteiger charge is 2.21. The molecule has 1 rings (SSSR count). The minimum atomic E-state index is 0.000277. The molecule has 2 amide bonds. The molecule has 3 N–H and O–H groups in total. The van der Waals surface area contributed by atoms with Gasteiger partial charge in [0.05, 0.1) is 6.54 Å². The second kappa shape index (κ2) is 6.48. The van der Waals surface area contributed by atoms with Crippen LogP contribution in [0, 0.1) is 0 Å². The third kappa shape index (κ3) is 4.61. The van der Waals surface area contributed by atoms with Gasteiger partial charge in [-0.15, -0.1) is 0 Å². The number of hydrogen-bond acceptors (Lipinski definition) is 3. The molecule has 1 saturated heterocycles. The van der Waals surface area contributed by atoms with Crippen LogP contribution >= 0.6 is 0 Å². The van der Waals surface area contributed by atoms with Crippen molar-refractivity contribution >= 4 is 11.8 Å². The van der Waals surface area contributed by atoms with E-state index in [1.165, 1.54) is 0 Å². The van der Waals surface area contributed by atoms with E-state index in [1.54, 1.807) is 0 Å². The van der Waals surface area contributed by atoms with Crippen molar-refractivity contribution in [1.29, 1.82) is 0 Å². The Morgan fingerprint density at radius 3 is 2.94 bits per heavy atom. The lowest BCUT2D eigenvalue weighted by atomic mass is 10.2. The summed E-state index contributed by atoms with van der Waals surface area (Å²) in [7, 11) is 0. The lowest BCUT2D eigenvalue weighted by Crippen LogP contribution is -2.42. The van der Waals surface area contributed by atoms with E-state index in [-0.39, 0.29) is 30.4 Å². The second-order valence-electron chi connectivity index (χ2n) is 4.34. The molecule has 1 aliphatic rings. The average Bonchev–Trinajstić information content (AvgIpc) is 2.61. The largest absolute Gasteiger partial charge is 0.354 e. The highest BCUT2D eigenvalue weighted by atomic mass is 16.2. The van der Waals surface area contributed by atoms with Crippen LogP contribution in [0.2, 0.25) is 0 Å². The molecule has 1 aliphatic heterocycles. The molecule has 1 fully saturated rings. The van der Waals surface area contributed by atoms with Crippen molar-refractivity contribution in [2.24, 2.45) is 0 Å². The predicted molar refractivity (Wildman–Crippen MR) is 61.9 cm³/mol. The number of amides is 2. The van der Waals surface area contributed by atoms with E-state index in [0.717, 1.165) is 12.8 Å². The molecule has 92 valence electrons. The lowest BCUT2D eigenvalue weighted by Gasteiger charge is -2.14. The normalized spacial score (nSPS) is 21.6. The standard InChI is InChI=1S/C11H21N3O2/c1-3-4-8(2)14-11(16)7-12-9-5-10(15)13-6-9/h8-9,12H,3-7H2,1-2H3,(H,13,15)(H,14,16). The van der Waals surface area contributed by atoms with Crippen molar-refractivity contribution in [1.82, 2.24) is 16.0 Å². The first-order valence-corrected chi connectivity index (χ1v) is 5.91. The van der Waals surface area contributed by atoms with Crippen molar-refractivity contribution in [3.05, 3.63) is 0 Å². The Morgan fingerprint density at radius 2 is 2.38 bits per heavy atom. The van der Waals surface area contributed by atoms with E-state index in [9.17, 15) is 9.59 Å². The minimum absolute atomic E-state index is 0.000277. The van der Waals surface area contributed by atoms with E-state index in [1.807, 2.05) is 6.92 Å². The summed E-state index contributed by atoms with van der Waals surface area (Å²) in [5.74, 6) is 0.0533. The zero-order chi connectivity index (χ0) is 12.0. The van der Waals surface area contributed by atoms with Crippen molar-refractivity contribution in [2.45, 2.75) is 45.2 Å². The first-order chi connectivity index (χ1) is 7.61. The third-order valence-electron chi connectivity index (χ3n) is 2.66. The van der Waals surface area contributed by atoms with Gasteiger partial charge in [-0.25, -0.2) is 0 Å². The number of rotatable bonds is 6. The fourth-order valence-electron chi connectivity index (χ4n) is 1.82. The molecular formula is C11H21N3O2. The van der Waals surface area contributed by atoms with E-state index >= 15 is 0 Å². The minimum Gasteiger partial charge on any atom is -0.354 e. The molecule has 0 aliphatic carbocycles. The van der Waals surface area contributed by atoms with Crippen molar-refractivity contribution < 1.29 is 9.59 Å². The Morgan fingerprint density at radius 1 is 1.62 bits per heavy atom. The van der Waals surface area contributed by atoms with Gasteiger partial charge in [0.1, 0.15) is 0 Å². The number of carbonyl (C=O) groups excluding carboxylic acids is 2. The van der Waals surface area contributed by atoms with Crippen LogP contribution in [-0.4, -0.2) is 37.0 Å². The number of hydrogen-bond donors (Lipinski definition) is 3. The topological polar surface area (TPSA) is 70.2 Å². The number of carbonyl (C=O) groups is 2. The molecule has 0 aromatic rings. The summed E-state index contributed by atoms with van der Waals surface area (Å²) in [6.07, 6.45) is 2.53. The first kappa shape index (κ1) is 13.0. The monoisotopic (exact) mass is 227 g/mol. The molecule has 0 bridgehead atoms. The summed E-state index contributed by atoms with van der Waals surface area (Å²) in [5.41, 5.74) is 0. The van der Waals surface area contributed by atoms with Crippen LogP contribution in [0.5, 0.6) is 0 Å². The number of nitrogens with one attached hydrogen (secondary N) is 3. The molecule has 5 nitrogen and oxygen atoms in total. The molecule has 2 unspecified atom stereocenters. The maximum Gasteiger partial charge on any atom is 0.234 e. The first-order valence-electron chi connectivity index (χ1n) is 5.91. The van der Waals surface area contributed by atoms with Gasteiger partial charge in [-0.1, -0.05) is 13.3 Å². The van der Waals surface area contributed by atoms with Gasteiger partial charge in [0.2, 0.25) is 11.8 Å². The van der Waals surface area contributed by atoms with Crippen LogP contribution in [0.15, 0.2) is 0 Å². The van der Waals surface area contributed by atoms with Gasteiger partial charge in [-0.3, -0.25) is 9.59 Å². The van der Waals surface area contributed by atoms with Crippen LogP contribution in [0.1, 0.15) is 33.1 Å². The van der Waals surface area contributed by atoms with Crippen molar-refractivity contribution in [3.63, 3.8) is 0 Å². The van der Waals surface area contributed by atoms with Crippen LogP contribution in [-0.2, 0) is 9.59 Å². The molecule has 0 aromatic heterocycles. The van der Waals surface area contributed by atoms with Gasteiger partial charge in [0.15, 0.2) is 0 Å². The van der Waals surface area contributed by atoms with E-state index in [2.05, 4.69) is 22.9 Å². The molecule has 0 spiro atoms. The summed E-state index contributed by atoms with van der Waals surface area (Å²) in [5, 5.41) is 8.69. The molecule has 1 heterocycles. The van der Waals surface area contributed by atoms with Gasteiger partial charge in [-0.2, -0.15) is 0 Å². The summed E-state index contributed by atoms with van der Waals surface area (Å²) >= 11 is 0. The Balaban J connectivity index is 2.12. The maximum absolute atomic E-state index is 11.5. The van der Waals surface area contributed by atoms with Crippen LogP contribution < -0.4 is 16.0 Å². The summed E-state index contributed by atoms with van der Waals surface area (Å²) < 4.78 is 0. The molecule has 0 aromatic carbocycles. The van der Waals surface area contributed by atoms with Gasteiger partial charge in [-0.05, 0) is 13.3 Å². The summed E-state index contributed by atoms with van der Waals surface area (Å²) in [6, 6.07) is 0.322. The van der Waals surface area contributed by atoms with Gasteiger partial charge in [0.25, 0.3) is 0 Å². The van der Waals surface area contributed by atoms with E-state index < -0.39 is 0 Å². The Bertz CT molecular complexity index is 256. The van der Waals surface area contributed by atoms with E-state index in [4.69, 9.17) is 0 Å². The van der Waals surface area contributed by atoms with Gasteiger partial charge in [0, 0.05) is 25.0 Å². The predicted octanol–water partition coefficient (Wildman–Crippen LogP) is -0.231. The SMILES string of the molecule is CCCC(C)NC(=O)CNC1CNC(=O)C1. The smallest absolute Gasteiger partial charge is 0.234 e. The van der Waals surface area contributed by atoms with Crippen molar-refractivity contribution in [3.8, 4) is 0 Å². The molecule has 5 heteroatoms. The lowest BCUT2D eigenvalue weighted by molar-refractivity contribution is -0.121. The fraction of sp³-hybridized carbons (Fsp3) is 0.818. The molecule has 0 radical (unpaired) electrons. The third-order valence-corrected chi connectivity index (χ3v) is 2.66. The maximum atomic E-state index is 11.5. The highest BCUT2D eigenvalue weighted by Crippen LogP contribution is 1.98. The fourth-order valence-corrected chi connectivity index (χ4v) is 1.82. The summed E-state index contributed by atoms with van der Waals surface area (Å²) in [6.45, 7) is 5.00. The molecule has 2 atom stereocenters. The van der Waals surface area contributed by atoms with Gasteiger partial charge >= 0.3 is 0 Å². The van der Waals surface area contributed by atoms with Gasteiger partial charge < -0.3 is 16.0 Å². The van der Waals surface area contributed by atoms with Crippen LogP contribution in [0.25, 0.3) is 0 Å². The van der Waals surface area contributed by atoms with E-state index in [0.29, 0.717) is 13.0 Å². The molecule has 16 heavy (non-hydrogen) atoms. The average molecular weight is 227 g/mol. The quantitative estimate of drug-likeness (QED) is 0.587. The Labute approximate surface area is 96.4 Å². The summed E-state index contributed by atoms with van der Waals surface area (Å²) in [4.78, 5) is 22.4. The zero-order valence-corrected chi connectivity index (χ0v) is 10.0. The van der Waals surface area contributed by atoms with Crippen LogP contribution in [0.3, 0.4) is 0 Å². The zero-order valence-electron chi connectivity index (χ0n) is 10.0. The Kier molecular flexibility index (Phi) is 5.25. The second-order valence-corrected chi connectivity index (χ2v) is 4.34. The molecular weight excluding hydrogens is 206 g/mol. The van der Waals surface area contributed by atoms with Crippen LogP contribution in [0.4, 0.5) is 0 Å². The van der Waals surface area contributed by atoms with Crippen molar-refractivity contribution in [2.75, 3.05) is 13.1 Å². The Hall–Kier alpha value is -1.10. The molecule has 0 saturated carbocycles. The highest BCUT2D eigenvalue weighted by molar-refractivity contribution is 5.80.